The predicted octanol–water partition coefficient (Wildman–Crippen LogP) is 4.35. The van der Waals surface area contributed by atoms with E-state index in [0.717, 1.165) is 59.1 Å². The number of anilines is 1. The molecule has 7 nitrogen and oxygen atoms in total. The van der Waals surface area contributed by atoms with Gasteiger partial charge < -0.3 is 15.3 Å². The number of hydrogen-bond acceptors (Lipinski definition) is 6. The van der Waals surface area contributed by atoms with Crippen LogP contribution in [-0.4, -0.2) is 32.2 Å². The third-order valence-electron chi connectivity index (χ3n) is 6.46. The molecule has 1 saturated carbocycles. The molecule has 6 rings (SSSR count). The van der Waals surface area contributed by atoms with Gasteiger partial charge in [-0.1, -0.05) is 12.1 Å². The van der Waals surface area contributed by atoms with Crippen LogP contribution in [0, 0.1) is 0 Å². The fourth-order valence-corrected chi connectivity index (χ4v) is 4.68. The summed E-state index contributed by atoms with van der Waals surface area (Å²) in [6, 6.07) is 8.60. The Morgan fingerprint density at radius 3 is 2.81 bits per heavy atom. The predicted molar refractivity (Wildman–Crippen MR) is 120 cm³/mol. The number of furan rings is 1. The van der Waals surface area contributed by atoms with Gasteiger partial charge in [0.2, 0.25) is 0 Å². The Labute approximate surface area is 179 Å². The first kappa shape index (κ1) is 18.3. The third-order valence-corrected chi connectivity index (χ3v) is 6.46. The first-order chi connectivity index (χ1) is 15.2. The quantitative estimate of drug-likeness (QED) is 0.520. The van der Waals surface area contributed by atoms with Gasteiger partial charge in [0, 0.05) is 40.7 Å². The van der Waals surface area contributed by atoms with Crippen molar-refractivity contribution in [2.75, 3.05) is 5.73 Å². The van der Waals surface area contributed by atoms with Gasteiger partial charge in [-0.2, -0.15) is 5.10 Å². The van der Waals surface area contributed by atoms with Crippen molar-refractivity contribution in [1.82, 2.24) is 14.8 Å². The first-order valence-corrected chi connectivity index (χ1v) is 10.7. The second kappa shape index (κ2) is 7.06. The molecule has 1 fully saturated rings. The number of rotatable bonds is 3. The van der Waals surface area contributed by atoms with E-state index in [9.17, 15) is 5.11 Å². The van der Waals surface area contributed by atoms with Crippen LogP contribution in [0.3, 0.4) is 0 Å². The summed E-state index contributed by atoms with van der Waals surface area (Å²) in [4.78, 5) is 8.71. The summed E-state index contributed by atoms with van der Waals surface area (Å²) in [5.74, 6) is 1.14. The van der Waals surface area contributed by atoms with Crippen LogP contribution in [0.2, 0.25) is 0 Å². The lowest BCUT2D eigenvalue weighted by Crippen LogP contribution is -2.21. The number of nitrogens with zero attached hydrogens (tertiary/aromatic N) is 4. The highest BCUT2D eigenvalue weighted by atomic mass is 16.3. The lowest BCUT2D eigenvalue weighted by molar-refractivity contribution is 0.108. The van der Waals surface area contributed by atoms with E-state index in [1.165, 1.54) is 5.56 Å². The van der Waals surface area contributed by atoms with Gasteiger partial charge in [0.15, 0.2) is 11.4 Å². The van der Waals surface area contributed by atoms with E-state index < -0.39 is 0 Å². The van der Waals surface area contributed by atoms with E-state index in [4.69, 9.17) is 10.2 Å². The number of benzene rings is 1. The Balaban J connectivity index is 1.39. The van der Waals surface area contributed by atoms with Gasteiger partial charge in [-0.3, -0.25) is 9.67 Å². The molecule has 1 aromatic carbocycles. The van der Waals surface area contributed by atoms with E-state index in [0.29, 0.717) is 24.0 Å². The van der Waals surface area contributed by atoms with E-state index in [2.05, 4.69) is 33.4 Å². The van der Waals surface area contributed by atoms with Crippen LogP contribution in [0.25, 0.3) is 33.4 Å². The Morgan fingerprint density at radius 1 is 1.06 bits per heavy atom. The smallest absolute Gasteiger partial charge is 0.177 e. The minimum absolute atomic E-state index is 0.178. The van der Waals surface area contributed by atoms with Crippen molar-refractivity contribution < 1.29 is 9.52 Å². The standard InChI is InChI=1S/C24H23N5O2/c25-24-23-20(8-22(31-23)14-1-2-15-9-26-10-16(15)7-14)21(12-27-24)17-11-28-29(13-17)18-3-5-19(30)6-4-18/h1-2,7-9,11-13,18-19,30H,3-6,10H2,(H2,25,27). The Bertz CT molecular complexity index is 1310. The molecule has 31 heavy (non-hydrogen) atoms. The monoisotopic (exact) mass is 413 g/mol. The largest absolute Gasteiger partial charge is 0.452 e. The number of fused-ring (bicyclic) bond motifs is 2. The molecule has 156 valence electrons. The fourth-order valence-electron chi connectivity index (χ4n) is 4.68. The third kappa shape index (κ3) is 3.13. The minimum atomic E-state index is -0.178. The summed E-state index contributed by atoms with van der Waals surface area (Å²) >= 11 is 0. The number of pyridine rings is 1. The summed E-state index contributed by atoms with van der Waals surface area (Å²) < 4.78 is 8.18. The fraction of sp³-hybridized carbons (Fsp3) is 0.292. The second-order valence-corrected chi connectivity index (χ2v) is 8.47. The molecule has 0 unspecified atom stereocenters. The second-order valence-electron chi connectivity index (χ2n) is 8.47. The molecule has 0 saturated heterocycles. The van der Waals surface area contributed by atoms with Crippen molar-refractivity contribution in [3.8, 4) is 22.5 Å². The highest BCUT2D eigenvalue weighted by Gasteiger charge is 2.22. The van der Waals surface area contributed by atoms with Crippen LogP contribution in [0.4, 0.5) is 5.82 Å². The molecule has 0 spiro atoms. The maximum Gasteiger partial charge on any atom is 0.177 e. The number of aliphatic hydroxyl groups is 1. The summed E-state index contributed by atoms with van der Waals surface area (Å²) in [6.07, 6.45) is 11.0. The van der Waals surface area contributed by atoms with Crippen molar-refractivity contribution >= 4 is 23.0 Å². The van der Waals surface area contributed by atoms with E-state index in [1.807, 2.05) is 29.2 Å². The number of aliphatic hydroxyl groups excluding tert-OH is 1. The number of nitrogen functional groups attached to an aromatic ring is 1. The van der Waals surface area contributed by atoms with Gasteiger partial charge in [0.1, 0.15) is 5.76 Å². The zero-order valence-corrected chi connectivity index (χ0v) is 17.0. The normalized spacial score (nSPS) is 20.4. The van der Waals surface area contributed by atoms with Gasteiger partial charge in [0.05, 0.1) is 24.9 Å². The molecule has 0 amide bonds. The number of aliphatic imine (C=N–C) groups is 1. The SMILES string of the molecule is Nc1ncc(-c2cnn(C3CCC(O)CC3)c2)c2cc(-c3ccc4c(c3)CN=C4)oc12. The van der Waals surface area contributed by atoms with Crippen molar-refractivity contribution in [2.45, 2.75) is 44.4 Å². The van der Waals surface area contributed by atoms with Crippen LogP contribution in [0.15, 0.2) is 52.3 Å². The Hall–Kier alpha value is -3.45. The molecule has 1 aliphatic heterocycles. The highest BCUT2D eigenvalue weighted by molar-refractivity contribution is 6.00. The molecule has 2 aliphatic rings. The van der Waals surface area contributed by atoms with Gasteiger partial charge in [0.25, 0.3) is 0 Å². The van der Waals surface area contributed by atoms with Gasteiger partial charge in [-0.15, -0.1) is 0 Å². The summed E-state index contributed by atoms with van der Waals surface area (Å²) in [7, 11) is 0. The molecular weight excluding hydrogens is 390 g/mol. The van der Waals surface area contributed by atoms with Crippen LogP contribution in [0.1, 0.15) is 42.9 Å². The lowest BCUT2D eigenvalue weighted by atomic mass is 9.93. The molecule has 3 aromatic heterocycles. The molecule has 0 radical (unpaired) electrons. The topological polar surface area (TPSA) is 102 Å². The number of hydrogen-bond donors (Lipinski definition) is 2. The maximum atomic E-state index is 9.78. The highest BCUT2D eigenvalue weighted by Crippen LogP contribution is 2.38. The number of aromatic nitrogens is 3. The van der Waals surface area contributed by atoms with Crippen molar-refractivity contribution in [3.05, 3.63) is 54.0 Å². The lowest BCUT2D eigenvalue weighted by Gasteiger charge is -2.25. The molecule has 7 heteroatoms. The molecule has 3 N–H and O–H groups in total. The molecular formula is C24H23N5O2. The average molecular weight is 413 g/mol. The molecule has 1 aliphatic carbocycles. The zero-order chi connectivity index (χ0) is 20.9. The van der Waals surface area contributed by atoms with Crippen molar-refractivity contribution in [3.63, 3.8) is 0 Å². The van der Waals surface area contributed by atoms with Crippen LogP contribution in [-0.2, 0) is 6.54 Å². The van der Waals surface area contributed by atoms with Gasteiger partial charge in [-0.25, -0.2) is 4.98 Å². The van der Waals surface area contributed by atoms with Crippen molar-refractivity contribution in [1.29, 1.82) is 0 Å². The van der Waals surface area contributed by atoms with E-state index in [-0.39, 0.29) is 6.10 Å². The molecule has 0 bridgehead atoms. The van der Waals surface area contributed by atoms with Crippen LogP contribution >= 0.6 is 0 Å². The van der Waals surface area contributed by atoms with Gasteiger partial charge in [-0.05, 0) is 48.9 Å². The molecule has 4 heterocycles. The average Bonchev–Trinajstić information content (AvgIpc) is 3.53. The van der Waals surface area contributed by atoms with E-state index >= 15 is 0 Å². The molecule has 4 aromatic rings. The Kier molecular flexibility index (Phi) is 4.17. The maximum absolute atomic E-state index is 9.78. The molecule has 0 atom stereocenters. The van der Waals surface area contributed by atoms with Crippen LogP contribution in [0.5, 0.6) is 0 Å². The number of nitrogens with two attached hydrogens (primary N) is 1. The van der Waals surface area contributed by atoms with E-state index in [1.54, 1.807) is 6.20 Å². The summed E-state index contributed by atoms with van der Waals surface area (Å²) in [5, 5.41) is 15.3. The zero-order valence-electron chi connectivity index (χ0n) is 17.0. The van der Waals surface area contributed by atoms with Gasteiger partial charge >= 0.3 is 0 Å². The first-order valence-electron chi connectivity index (χ1n) is 10.7. The summed E-state index contributed by atoms with van der Waals surface area (Å²) in [5.41, 5.74) is 12.0. The Morgan fingerprint density at radius 2 is 1.94 bits per heavy atom. The minimum Gasteiger partial charge on any atom is -0.452 e. The van der Waals surface area contributed by atoms with Crippen LogP contribution < -0.4 is 5.73 Å². The summed E-state index contributed by atoms with van der Waals surface area (Å²) in [6.45, 7) is 0.704. The van der Waals surface area contributed by atoms with Crippen molar-refractivity contribution in [2.24, 2.45) is 4.99 Å².